The van der Waals surface area contributed by atoms with E-state index in [-0.39, 0.29) is 0 Å². The van der Waals surface area contributed by atoms with Gasteiger partial charge in [-0.05, 0) is 43.2 Å². The van der Waals surface area contributed by atoms with E-state index < -0.39 is 0 Å². The minimum absolute atomic E-state index is 0.644. The molecule has 3 aromatic rings. The number of aryl methyl sites for hydroxylation is 1. The van der Waals surface area contributed by atoms with Crippen LogP contribution in [0.4, 0.5) is 0 Å². The fraction of sp³-hybridized carbons (Fsp3) is 0.133. The molecule has 0 unspecified atom stereocenters. The fourth-order valence-corrected chi connectivity index (χ4v) is 3.17. The molecule has 0 fully saturated rings. The molecule has 1 heterocycles. The first-order chi connectivity index (χ1) is 9.06. The Bertz CT molecular complexity index is 754. The van der Waals surface area contributed by atoms with Crippen LogP contribution >= 0.6 is 31.9 Å². The quantitative estimate of drug-likeness (QED) is 0.546. The number of nitrogens with zero attached hydrogens (tertiary/aromatic N) is 1. The van der Waals surface area contributed by atoms with Crippen LogP contribution in [0.3, 0.4) is 0 Å². The summed E-state index contributed by atoms with van der Waals surface area (Å²) in [5.41, 5.74) is 4.96. The van der Waals surface area contributed by atoms with Gasteiger partial charge in [0, 0.05) is 14.5 Å². The molecule has 0 amide bonds. The maximum Gasteiger partial charge on any atom is 0.227 e. The van der Waals surface area contributed by atoms with Crippen LogP contribution < -0.4 is 0 Å². The lowest BCUT2D eigenvalue weighted by atomic mass is 10.1. The molecule has 0 N–H and O–H groups in total. The number of aromatic nitrogens is 1. The predicted octanol–water partition coefficient (Wildman–Crippen LogP) is 5.64. The zero-order valence-corrected chi connectivity index (χ0v) is 13.7. The average Bonchev–Trinajstić information content (AvgIpc) is 2.81. The lowest BCUT2D eigenvalue weighted by Crippen LogP contribution is -1.83. The van der Waals surface area contributed by atoms with E-state index in [0.29, 0.717) is 5.89 Å². The number of oxazole rings is 1. The second-order valence-corrected chi connectivity index (χ2v) is 6.22. The summed E-state index contributed by atoms with van der Waals surface area (Å²) in [7, 11) is 0. The van der Waals surface area contributed by atoms with Crippen LogP contribution in [-0.4, -0.2) is 4.98 Å². The molecule has 3 rings (SSSR count). The van der Waals surface area contributed by atoms with Gasteiger partial charge in [0.2, 0.25) is 5.89 Å². The Morgan fingerprint density at radius 3 is 2.37 bits per heavy atom. The van der Waals surface area contributed by atoms with Crippen molar-refractivity contribution in [1.29, 1.82) is 0 Å². The van der Waals surface area contributed by atoms with Crippen molar-refractivity contribution in [2.45, 2.75) is 13.8 Å². The number of fused-ring (bicyclic) bond motifs is 1. The SMILES string of the molecule is Cc1c(Br)cc(-c2nc3cccc(C)c3o2)cc1Br. The molecule has 0 spiro atoms. The van der Waals surface area contributed by atoms with Crippen molar-refractivity contribution in [3.63, 3.8) is 0 Å². The van der Waals surface area contributed by atoms with Crippen LogP contribution in [0.1, 0.15) is 11.1 Å². The van der Waals surface area contributed by atoms with Gasteiger partial charge in [-0.3, -0.25) is 0 Å². The lowest BCUT2D eigenvalue weighted by Gasteiger charge is -2.03. The third-order valence-electron chi connectivity index (χ3n) is 3.14. The summed E-state index contributed by atoms with van der Waals surface area (Å²) < 4.78 is 7.96. The number of hydrogen-bond donors (Lipinski definition) is 0. The van der Waals surface area contributed by atoms with Gasteiger partial charge in [0.05, 0.1) is 0 Å². The Labute approximate surface area is 128 Å². The van der Waals surface area contributed by atoms with Gasteiger partial charge in [0.1, 0.15) is 5.52 Å². The summed E-state index contributed by atoms with van der Waals surface area (Å²) in [5, 5.41) is 0. The molecule has 4 heteroatoms. The molecular weight excluding hydrogens is 370 g/mol. The van der Waals surface area contributed by atoms with E-state index in [9.17, 15) is 0 Å². The Kier molecular flexibility index (Phi) is 3.23. The molecule has 96 valence electrons. The van der Waals surface area contributed by atoms with Crippen molar-refractivity contribution in [2.75, 3.05) is 0 Å². The van der Waals surface area contributed by atoms with E-state index in [1.807, 2.05) is 44.2 Å². The first-order valence-electron chi connectivity index (χ1n) is 5.88. The normalized spacial score (nSPS) is 11.2. The van der Waals surface area contributed by atoms with Gasteiger partial charge in [0.15, 0.2) is 5.58 Å². The molecule has 2 nitrogen and oxygen atoms in total. The highest BCUT2D eigenvalue weighted by Gasteiger charge is 2.12. The van der Waals surface area contributed by atoms with Crippen LogP contribution in [0.2, 0.25) is 0 Å². The smallest absolute Gasteiger partial charge is 0.227 e. The van der Waals surface area contributed by atoms with Gasteiger partial charge in [-0.15, -0.1) is 0 Å². The number of benzene rings is 2. The molecule has 0 aliphatic heterocycles. The Hall–Kier alpha value is -1.13. The van der Waals surface area contributed by atoms with Crippen molar-refractivity contribution in [3.05, 3.63) is 50.4 Å². The first-order valence-corrected chi connectivity index (χ1v) is 7.47. The highest BCUT2D eigenvalue weighted by Crippen LogP contribution is 2.33. The fourth-order valence-electron chi connectivity index (χ4n) is 1.98. The summed E-state index contributed by atoms with van der Waals surface area (Å²) in [6.07, 6.45) is 0. The van der Waals surface area contributed by atoms with Gasteiger partial charge in [-0.2, -0.15) is 0 Å². The van der Waals surface area contributed by atoms with Gasteiger partial charge >= 0.3 is 0 Å². The molecule has 0 radical (unpaired) electrons. The summed E-state index contributed by atoms with van der Waals surface area (Å²) in [4.78, 5) is 4.55. The maximum atomic E-state index is 5.88. The third kappa shape index (κ3) is 2.23. The molecule has 1 aromatic heterocycles. The van der Waals surface area contributed by atoms with E-state index in [1.165, 1.54) is 0 Å². The highest BCUT2D eigenvalue weighted by molar-refractivity contribution is 9.11. The van der Waals surface area contributed by atoms with Crippen LogP contribution in [0.15, 0.2) is 43.7 Å². The largest absolute Gasteiger partial charge is 0.436 e. The number of halogens is 2. The lowest BCUT2D eigenvalue weighted by molar-refractivity contribution is 0.617. The van der Waals surface area contributed by atoms with Gasteiger partial charge in [0.25, 0.3) is 0 Å². The molecule has 2 aromatic carbocycles. The third-order valence-corrected chi connectivity index (χ3v) is 4.79. The van der Waals surface area contributed by atoms with E-state index in [0.717, 1.165) is 36.7 Å². The second kappa shape index (κ2) is 4.76. The Balaban J connectivity index is 2.22. The predicted molar refractivity (Wildman–Crippen MR) is 84.3 cm³/mol. The molecule has 0 aliphatic rings. The van der Waals surface area contributed by atoms with E-state index in [2.05, 4.69) is 36.8 Å². The van der Waals surface area contributed by atoms with E-state index in [4.69, 9.17) is 4.42 Å². The summed E-state index contributed by atoms with van der Waals surface area (Å²) >= 11 is 7.11. The molecule has 0 saturated heterocycles. The van der Waals surface area contributed by atoms with E-state index in [1.54, 1.807) is 0 Å². The zero-order chi connectivity index (χ0) is 13.6. The molecular formula is C15H11Br2NO. The molecule has 0 aliphatic carbocycles. The van der Waals surface area contributed by atoms with Crippen molar-refractivity contribution in [1.82, 2.24) is 4.98 Å². The number of rotatable bonds is 1. The van der Waals surface area contributed by atoms with Crippen molar-refractivity contribution < 1.29 is 4.42 Å². The first kappa shape index (κ1) is 12.9. The summed E-state index contributed by atoms with van der Waals surface area (Å²) in [6, 6.07) is 10.0. The van der Waals surface area contributed by atoms with Crippen molar-refractivity contribution in [2.24, 2.45) is 0 Å². The second-order valence-electron chi connectivity index (χ2n) is 4.51. The van der Waals surface area contributed by atoms with E-state index >= 15 is 0 Å². The van der Waals surface area contributed by atoms with Crippen LogP contribution in [0.5, 0.6) is 0 Å². The zero-order valence-electron chi connectivity index (χ0n) is 10.5. The van der Waals surface area contributed by atoms with Gasteiger partial charge in [-0.1, -0.05) is 44.0 Å². The number of para-hydroxylation sites is 1. The highest BCUT2D eigenvalue weighted by atomic mass is 79.9. The molecule has 0 saturated carbocycles. The van der Waals surface area contributed by atoms with Crippen LogP contribution in [-0.2, 0) is 0 Å². The topological polar surface area (TPSA) is 26.0 Å². The summed E-state index contributed by atoms with van der Waals surface area (Å²) in [6.45, 7) is 4.08. The van der Waals surface area contributed by atoms with Crippen LogP contribution in [0, 0.1) is 13.8 Å². The Morgan fingerprint density at radius 1 is 1.05 bits per heavy atom. The van der Waals surface area contributed by atoms with Crippen molar-refractivity contribution in [3.8, 4) is 11.5 Å². The summed E-state index contributed by atoms with van der Waals surface area (Å²) in [5.74, 6) is 0.644. The van der Waals surface area contributed by atoms with Gasteiger partial charge in [-0.25, -0.2) is 4.98 Å². The minimum Gasteiger partial charge on any atom is -0.436 e. The number of hydrogen-bond acceptors (Lipinski definition) is 2. The maximum absolute atomic E-state index is 5.88. The van der Waals surface area contributed by atoms with Crippen molar-refractivity contribution >= 4 is 43.0 Å². The standard InChI is InChI=1S/C15H11Br2NO/c1-8-4-3-5-13-14(8)19-15(18-13)10-6-11(16)9(2)12(17)7-10/h3-7H,1-2H3. The molecule has 0 bridgehead atoms. The van der Waals surface area contributed by atoms with Crippen LogP contribution in [0.25, 0.3) is 22.6 Å². The Morgan fingerprint density at radius 2 is 1.74 bits per heavy atom. The van der Waals surface area contributed by atoms with Gasteiger partial charge < -0.3 is 4.42 Å². The molecule has 0 atom stereocenters. The minimum atomic E-state index is 0.644. The molecule has 19 heavy (non-hydrogen) atoms. The monoisotopic (exact) mass is 379 g/mol. The average molecular weight is 381 g/mol.